The van der Waals surface area contributed by atoms with Gasteiger partial charge in [0.05, 0.1) is 19.8 Å². The highest BCUT2D eigenvalue weighted by atomic mass is 16.5. The van der Waals surface area contributed by atoms with Crippen LogP contribution in [0.3, 0.4) is 0 Å². The molecule has 0 atom stereocenters. The first-order valence-corrected chi connectivity index (χ1v) is 6.23. The van der Waals surface area contributed by atoms with Gasteiger partial charge < -0.3 is 19.0 Å². The Morgan fingerprint density at radius 2 is 1.89 bits per heavy atom. The van der Waals surface area contributed by atoms with Gasteiger partial charge in [0.15, 0.2) is 23.7 Å². The first kappa shape index (κ1) is 13.4. The molecule has 1 aromatic carbocycles. The fourth-order valence-electron chi connectivity index (χ4n) is 1.81. The van der Waals surface area contributed by atoms with Gasteiger partial charge in [-0.25, -0.2) is 4.98 Å². The van der Waals surface area contributed by atoms with Gasteiger partial charge in [0.25, 0.3) is 0 Å². The van der Waals surface area contributed by atoms with Gasteiger partial charge in [-0.3, -0.25) is 0 Å². The maximum absolute atomic E-state index is 9.20. The highest BCUT2D eigenvalue weighted by Gasteiger charge is 2.13. The molecule has 0 bridgehead atoms. The summed E-state index contributed by atoms with van der Waals surface area (Å²) in [4.78, 5) is 3.96. The lowest BCUT2D eigenvalue weighted by Crippen LogP contribution is -1.98. The molecule has 0 saturated heterocycles. The lowest BCUT2D eigenvalue weighted by Gasteiger charge is -2.11. The van der Waals surface area contributed by atoms with E-state index in [2.05, 4.69) is 4.98 Å². The number of aliphatic hydroxyl groups is 1. The summed E-state index contributed by atoms with van der Waals surface area (Å²) >= 11 is 0. The largest absolute Gasteiger partial charge is 0.490 e. The molecule has 0 aliphatic rings. The van der Waals surface area contributed by atoms with E-state index in [0.29, 0.717) is 36.2 Å². The Labute approximate surface area is 111 Å². The lowest BCUT2D eigenvalue weighted by molar-refractivity contribution is 0.277. The van der Waals surface area contributed by atoms with E-state index in [0.717, 1.165) is 5.56 Å². The SMILES string of the molecule is CCOc1ccc(-c2ocnc2CO)cc1OCC. The number of nitrogens with zero attached hydrogens (tertiary/aromatic N) is 1. The zero-order chi connectivity index (χ0) is 13.7. The van der Waals surface area contributed by atoms with Crippen LogP contribution in [0.1, 0.15) is 19.5 Å². The highest BCUT2D eigenvalue weighted by Crippen LogP contribution is 2.34. The lowest BCUT2D eigenvalue weighted by atomic mass is 10.1. The van der Waals surface area contributed by atoms with Gasteiger partial charge in [0, 0.05) is 5.56 Å². The zero-order valence-electron chi connectivity index (χ0n) is 11.0. The number of hydrogen-bond donors (Lipinski definition) is 1. The van der Waals surface area contributed by atoms with E-state index in [1.54, 1.807) is 0 Å². The van der Waals surface area contributed by atoms with Gasteiger partial charge in [-0.05, 0) is 32.0 Å². The van der Waals surface area contributed by atoms with Crippen LogP contribution in [0.25, 0.3) is 11.3 Å². The van der Waals surface area contributed by atoms with Gasteiger partial charge in [0.1, 0.15) is 5.69 Å². The Morgan fingerprint density at radius 1 is 1.16 bits per heavy atom. The molecular weight excluding hydrogens is 246 g/mol. The fraction of sp³-hybridized carbons (Fsp3) is 0.357. The Hall–Kier alpha value is -2.01. The van der Waals surface area contributed by atoms with Crippen LogP contribution in [0.4, 0.5) is 0 Å². The second-order valence-electron chi connectivity index (χ2n) is 3.81. The molecule has 0 aliphatic carbocycles. The van der Waals surface area contributed by atoms with Gasteiger partial charge in [0.2, 0.25) is 0 Å². The van der Waals surface area contributed by atoms with Crippen LogP contribution in [-0.4, -0.2) is 23.3 Å². The van der Waals surface area contributed by atoms with Crippen molar-refractivity contribution in [2.45, 2.75) is 20.5 Å². The maximum atomic E-state index is 9.20. The summed E-state index contributed by atoms with van der Waals surface area (Å²) in [5.41, 5.74) is 1.31. The van der Waals surface area contributed by atoms with Crippen LogP contribution in [0.5, 0.6) is 11.5 Å². The van der Waals surface area contributed by atoms with Crippen molar-refractivity contribution in [1.82, 2.24) is 4.98 Å². The first-order chi connectivity index (χ1) is 9.30. The Balaban J connectivity index is 2.39. The van der Waals surface area contributed by atoms with Gasteiger partial charge in [-0.15, -0.1) is 0 Å². The van der Waals surface area contributed by atoms with E-state index in [-0.39, 0.29) is 6.61 Å². The Morgan fingerprint density at radius 3 is 2.58 bits per heavy atom. The Bertz CT molecular complexity index is 536. The summed E-state index contributed by atoms with van der Waals surface area (Å²) < 4.78 is 16.4. The van der Waals surface area contributed by atoms with Gasteiger partial charge >= 0.3 is 0 Å². The molecule has 5 heteroatoms. The molecule has 0 saturated carbocycles. The van der Waals surface area contributed by atoms with E-state index in [1.807, 2.05) is 32.0 Å². The summed E-state index contributed by atoms with van der Waals surface area (Å²) in [5.74, 6) is 1.90. The van der Waals surface area contributed by atoms with E-state index >= 15 is 0 Å². The molecule has 2 aromatic rings. The molecule has 1 aromatic heterocycles. The van der Waals surface area contributed by atoms with Crippen molar-refractivity contribution in [3.63, 3.8) is 0 Å². The summed E-state index contributed by atoms with van der Waals surface area (Å²) in [6, 6.07) is 5.51. The minimum Gasteiger partial charge on any atom is -0.490 e. The molecule has 102 valence electrons. The van der Waals surface area contributed by atoms with Crippen molar-refractivity contribution in [1.29, 1.82) is 0 Å². The third-order valence-electron chi connectivity index (χ3n) is 2.60. The highest BCUT2D eigenvalue weighted by molar-refractivity contribution is 5.64. The number of aromatic nitrogens is 1. The van der Waals surface area contributed by atoms with Crippen molar-refractivity contribution in [2.24, 2.45) is 0 Å². The predicted molar refractivity (Wildman–Crippen MR) is 70.2 cm³/mol. The molecular formula is C14H17NO4. The minimum atomic E-state index is -0.164. The second kappa shape index (κ2) is 6.24. The molecule has 5 nitrogen and oxygen atoms in total. The number of aliphatic hydroxyl groups excluding tert-OH is 1. The molecule has 0 fully saturated rings. The molecule has 0 amide bonds. The van der Waals surface area contributed by atoms with Crippen LogP contribution in [-0.2, 0) is 6.61 Å². The van der Waals surface area contributed by atoms with Crippen LogP contribution >= 0.6 is 0 Å². The quantitative estimate of drug-likeness (QED) is 0.867. The molecule has 0 unspecified atom stereocenters. The van der Waals surface area contributed by atoms with Crippen molar-refractivity contribution in [3.05, 3.63) is 30.3 Å². The number of oxazole rings is 1. The van der Waals surface area contributed by atoms with E-state index in [1.165, 1.54) is 6.39 Å². The first-order valence-electron chi connectivity index (χ1n) is 6.23. The number of hydrogen-bond acceptors (Lipinski definition) is 5. The average Bonchev–Trinajstić information content (AvgIpc) is 2.89. The third-order valence-corrected chi connectivity index (χ3v) is 2.60. The van der Waals surface area contributed by atoms with Crippen molar-refractivity contribution >= 4 is 0 Å². The standard InChI is InChI=1S/C14H17NO4/c1-3-17-12-6-5-10(7-13(12)18-4-2)14-11(8-16)15-9-19-14/h5-7,9,16H,3-4,8H2,1-2H3. The van der Waals surface area contributed by atoms with Crippen molar-refractivity contribution < 1.29 is 19.0 Å². The van der Waals surface area contributed by atoms with E-state index in [4.69, 9.17) is 13.9 Å². The maximum Gasteiger partial charge on any atom is 0.181 e. The minimum absolute atomic E-state index is 0.164. The zero-order valence-corrected chi connectivity index (χ0v) is 11.0. The number of rotatable bonds is 6. The molecule has 1 heterocycles. The van der Waals surface area contributed by atoms with Gasteiger partial charge in [-0.1, -0.05) is 0 Å². The average molecular weight is 263 g/mol. The van der Waals surface area contributed by atoms with Crippen LogP contribution in [0, 0.1) is 0 Å². The molecule has 1 N–H and O–H groups in total. The van der Waals surface area contributed by atoms with Crippen LogP contribution in [0.15, 0.2) is 29.0 Å². The number of ether oxygens (including phenoxy) is 2. The summed E-state index contributed by atoms with van der Waals surface area (Å²) in [5, 5.41) is 9.20. The van der Waals surface area contributed by atoms with E-state index < -0.39 is 0 Å². The second-order valence-corrected chi connectivity index (χ2v) is 3.81. The molecule has 0 spiro atoms. The van der Waals surface area contributed by atoms with Crippen LogP contribution < -0.4 is 9.47 Å². The normalized spacial score (nSPS) is 10.5. The van der Waals surface area contributed by atoms with Crippen molar-refractivity contribution in [3.8, 4) is 22.8 Å². The monoisotopic (exact) mass is 263 g/mol. The molecule has 2 rings (SSSR count). The number of benzene rings is 1. The van der Waals surface area contributed by atoms with Gasteiger partial charge in [-0.2, -0.15) is 0 Å². The predicted octanol–water partition coefficient (Wildman–Crippen LogP) is 2.63. The van der Waals surface area contributed by atoms with Crippen LogP contribution in [0.2, 0.25) is 0 Å². The molecule has 0 radical (unpaired) electrons. The summed E-state index contributed by atoms with van der Waals surface area (Å²) in [6.45, 7) is 4.79. The third kappa shape index (κ3) is 2.88. The molecule has 0 aliphatic heterocycles. The van der Waals surface area contributed by atoms with Crippen molar-refractivity contribution in [2.75, 3.05) is 13.2 Å². The summed E-state index contributed by atoms with van der Waals surface area (Å²) in [7, 11) is 0. The summed E-state index contributed by atoms with van der Waals surface area (Å²) in [6.07, 6.45) is 1.32. The topological polar surface area (TPSA) is 64.7 Å². The molecule has 19 heavy (non-hydrogen) atoms. The Kier molecular flexibility index (Phi) is 4.41. The fourth-order valence-corrected chi connectivity index (χ4v) is 1.81. The smallest absolute Gasteiger partial charge is 0.181 e. The van der Waals surface area contributed by atoms with E-state index in [9.17, 15) is 5.11 Å².